The third-order valence-electron chi connectivity index (χ3n) is 4.47. The predicted molar refractivity (Wildman–Crippen MR) is 127 cm³/mol. The second-order valence-electron chi connectivity index (χ2n) is 7.17. The Morgan fingerprint density at radius 3 is 2.47 bits per heavy atom. The van der Waals surface area contributed by atoms with Crippen LogP contribution in [0.15, 0.2) is 42.5 Å². The summed E-state index contributed by atoms with van der Waals surface area (Å²) in [6.07, 6.45) is 1.30. The van der Waals surface area contributed by atoms with Gasteiger partial charge < -0.3 is 24.8 Å². The van der Waals surface area contributed by atoms with E-state index in [9.17, 15) is 19.2 Å². The number of ether oxygens (including phenoxy) is 3. The van der Waals surface area contributed by atoms with Gasteiger partial charge in [-0.05, 0) is 42.8 Å². The van der Waals surface area contributed by atoms with Gasteiger partial charge in [0.2, 0.25) is 5.91 Å². The van der Waals surface area contributed by atoms with Gasteiger partial charge in [-0.2, -0.15) is 0 Å². The summed E-state index contributed by atoms with van der Waals surface area (Å²) in [5.74, 6) is -1.81. The Morgan fingerprint density at radius 1 is 0.941 bits per heavy atom. The van der Waals surface area contributed by atoms with Crippen molar-refractivity contribution >= 4 is 46.7 Å². The van der Waals surface area contributed by atoms with Crippen LogP contribution in [0.1, 0.15) is 43.0 Å². The standard InChI is InChI=1S/C24H27ClN2O7/c1-3-4-12-33-24(31)16-6-5-7-18(13-16)26-21(28)10-11-23(30)34-15-22(29)27-19-14-17(25)8-9-20(19)32-2/h5-9,13-14H,3-4,10-12,15H2,1-2H3,(H,26,28)(H,27,29). The number of esters is 2. The Bertz CT molecular complexity index is 1030. The van der Waals surface area contributed by atoms with Crippen molar-refractivity contribution in [2.45, 2.75) is 32.6 Å². The molecule has 0 heterocycles. The Balaban J connectivity index is 1.75. The van der Waals surface area contributed by atoms with E-state index in [1.807, 2.05) is 6.92 Å². The minimum atomic E-state index is -0.711. The maximum atomic E-state index is 12.1. The van der Waals surface area contributed by atoms with Gasteiger partial charge in [0, 0.05) is 17.1 Å². The quantitative estimate of drug-likeness (QED) is 0.338. The maximum Gasteiger partial charge on any atom is 0.338 e. The summed E-state index contributed by atoms with van der Waals surface area (Å²) in [6, 6.07) is 11.0. The SMILES string of the molecule is CCCCOC(=O)c1cccc(NC(=O)CCC(=O)OCC(=O)Nc2cc(Cl)ccc2OC)c1. The zero-order valence-corrected chi connectivity index (χ0v) is 19.8. The number of anilines is 2. The molecular weight excluding hydrogens is 464 g/mol. The Labute approximate surface area is 202 Å². The maximum absolute atomic E-state index is 12.1. The highest BCUT2D eigenvalue weighted by atomic mass is 35.5. The van der Waals surface area contributed by atoms with Crippen LogP contribution in [0.3, 0.4) is 0 Å². The molecule has 0 saturated heterocycles. The molecule has 0 aliphatic rings. The number of nitrogens with one attached hydrogen (secondary N) is 2. The van der Waals surface area contributed by atoms with Crippen LogP contribution in [0.2, 0.25) is 5.02 Å². The highest BCUT2D eigenvalue weighted by Gasteiger charge is 2.14. The zero-order chi connectivity index (χ0) is 24.9. The molecule has 10 heteroatoms. The van der Waals surface area contributed by atoms with Gasteiger partial charge in [0.15, 0.2) is 6.61 Å². The van der Waals surface area contributed by atoms with Crippen molar-refractivity contribution in [1.29, 1.82) is 0 Å². The summed E-state index contributed by atoms with van der Waals surface area (Å²) in [5.41, 5.74) is 1.06. The van der Waals surface area contributed by atoms with E-state index < -0.39 is 30.4 Å². The lowest BCUT2D eigenvalue weighted by Gasteiger charge is -2.11. The molecule has 0 bridgehead atoms. The van der Waals surface area contributed by atoms with Crippen LogP contribution in [0.5, 0.6) is 5.75 Å². The molecule has 34 heavy (non-hydrogen) atoms. The molecule has 2 amide bonds. The minimum Gasteiger partial charge on any atom is -0.495 e. The molecular formula is C24H27ClN2O7. The first kappa shape index (κ1) is 26.7. The fourth-order valence-electron chi connectivity index (χ4n) is 2.74. The summed E-state index contributed by atoms with van der Waals surface area (Å²) < 4.78 is 15.2. The highest BCUT2D eigenvalue weighted by Crippen LogP contribution is 2.27. The van der Waals surface area contributed by atoms with Crippen molar-refractivity contribution in [2.75, 3.05) is 31.0 Å². The van der Waals surface area contributed by atoms with E-state index in [-0.39, 0.29) is 12.8 Å². The molecule has 2 aromatic rings. The molecule has 9 nitrogen and oxygen atoms in total. The molecule has 2 rings (SSSR count). The summed E-state index contributed by atoms with van der Waals surface area (Å²) in [5, 5.41) is 5.56. The Morgan fingerprint density at radius 2 is 1.74 bits per heavy atom. The van der Waals surface area contributed by atoms with Crippen molar-refractivity contribution in [1.82, 2.24) is 0 Å². The van der Waals surface area contributed by atoms with Gasteiger partial charge in [-0.3, -0.25) is 14.4 Å². The van der Waals surface area contributed by atoms with Gasteiger partial charge >= 0.3 is 11.9 Å². The number of benzene rings is 2. The van der Waals surface area contributed by atoms with Gasteiger partial charge in [-0.25, -0.2) is 4.79 Å². The summed E-state index contributed by atoms with van der Waals surface area (Å²) >= 11 is 5.91. The lowest BCUT2D eigenvalue weighted by atomic mass is 10.2. The predicted octanol–water partition coefficient (Wildman–Crippen LogP) is 4.21. The molecule has 0 aliphatic carbocycles. The molecule has 0 fully saturated rings. The van der Waals surface area contributed by atoms with Gasteiger partial charge in [0.05, 0.1) is 31.4 Å². The second kappa shape index (κ2) is 13.8. The van der Waals surface area contributed by atoms with Crippen molar-refractivity contribution in [3.63, 3.8) is 0 Å². The lowest BCUT2D eigenvalue weighted by molar-refractivity contribution is -0.147. The number of halogens is 1. The molecule has 2 N–H and O–H groups in total. The first-order chi connectivity index (χ1) is 16.3. The van der Waals surface area contributed by atoms with E-state index in [4.69, 9.17) is 25.8 Å². The average molecular weight is 491 g/mol. The van der Waals surface area contributed by atoms with E-state index in [0.29, 0.717) is 34.3 Å². The number of unbranched alkanes of at least 4 members (excludes halogenated alkanes) is 1. The first-order valence-electron chi connectivity index (χ1n) is 10.7. The normalized spacial score (nSPS) is 10.2. The van der Waals surface area contributed by atoms with E-state index in [0.717, 1.165) is 12.8 Å². The van der Waals surface area contributed by atoms with Crippen LogP contribution >= 0.6 is 11.6 Å². The summed E-state index contributed by atoms with van der Waals surface area (Å²) in [7, 11) is 1.44. The van der Waals surface area contributed by atoms with E-state index in [1.54, 1.807) is 30.3 Å². The largest absolute Gasteiger partial charge is 0.495 e. The molecule has 0 saturated carbocycles. The number of amides is 2. The summed E-state index contributed by atoms with van der Waals surface area (Å²) in [6.45, 7) is 1.80. The topological polar surface area (TPSA) is 120 Å². The van der Waals surface area contributed by atoms with E-state index in [1.165, 1.54) is 19.2 Å². The number of hydrogen-bond acceptors (Lipinski definition) is 7. The van der Waals surface area contributed by atoms with Crippen molar-refractivity contribution in [3.8, 4) is 5.75 Å². The second-order valence-corrected chi connectivity index (χ2v) is 7.61. The van der Waals surface area contributed by atoms with Crippen LogP contribution in [0.25, 0.3) is 0 Å². The number of hydrogen-bond donors (Lipinski definition) is 2. The number of carbonyl (C=O) groups excluding carboxylic acids is 4. The molecule has 0 unspecified atom stereocenters. The van der Waals surface area contributed by atoms with Crippen LogP contribution in [-0.4, -0.2) is 44.1 Å². The molecule has 0 spiro atoms. The van der Waals surface area contributed by atoms with E-state index in [2.05, 4.69) is 10.6 Å². The molecule has 0 radical (unpaired) electrons. The molecule has 182 valence electrons. The van der Waals surface area contributed by atoms with Gasteiger partial charge in [-0.1, -0.05) is 31.0 Å². The highest BCUT2D eigenvalue weighted by molar-refractivity contribution is 6.31. The Kier molecular flexibility index (Phi) is 10.9. The van der Waals surface area contributed by atoms with Crippen LogP contribution in [-0.2, 0) is 23.9 Å². The van der Waals surface area contributed by atoms with Crippen molar-refractivity contribution < 1.29 is 33.4 Å². The van der Waals surface area contributed by atoms with Crippen molar-refractivity contribution in [2.24, 2.45) is 0 Å². The lowest BCUT2D eigenvalue weighted by Crippen LogP contribution is -2.22. The smallest absolute Gasteiger partial charge is 0.338 e. The molecule has 0 aliphatic heterocycles. The number of carbonyl (C=O) groups is 4. The molecule has 2 aromatic carbocycles. The summed E-state index contributed by atoms with van der Waals surface area (Å²) in [4.78, 5) is 48.1. The van der Waals surface area contributed by atoms with Crippen molar-refractivity contribution in [3.05, 3.63) is 53.1 Å². The number of methoxy groups -OCH3 is 1. The first-order valence-corrected chi connectivity index (χ1v) is 11.1. The van der Waals surface area contributed by atoms with Crippen LogP contribution in [0, 0.1) is 0 Å². The third-order valence-corrected chi connectivity index (χ3v) is 4.70. The van der Waals surface area contributed by atoms with Crippen LogP contribution < -0.4 is 15.4 Å². The monoisotopic (exact) mass is 490 g/mol. The van der Waals surface area contributed by atoms with E-state index >= 15 is 0 Å². The average Bonchev–Trinajstić information content (AvgIpc) is 2.82. The van der Waals surface area contributed by atoms with Gasteiger partial charge in [0.1, 0.15) is 5.75 Å². The third kappa shape index (κ3) is 9.11. The van der Waals surface area contributed by atoms with Crippen LogP contribution in [0.4, 0.5) is 11.4 Å². The van der Waals surface area contributed by atoms with Gasteiger partial charge in [-0.15, -0.1) is 0 Å². The molecule has 0 aromatic heterocycles. The molecule has 0 atom stereocenters. The minimum absolute atomic E-state index is 0.159. The fraction of sp³-hybridized carbons (Fsp3) is 0.333. The number of rotatable bonds is 12. The Hall–Kier alpha value is -3.59. The fourth-order valence-corrected chi connectivity index (χ4v) is 2.91. The zero-order valence-electron chi connectivity index (χ0n) is 19.0. The van der Waals surface area contributed by atoms with Gasteiger partial charge in [0.25, 0.3) is 5.91 Å².